The van der Waals surface area contributed by atoms with E-state index in [1.165, 1.54) is 0 Å². The van der Waals surface area contributed by atoms with Gasteiger partial charge in [-0.3, -0.25) is 9.89 Å². The van der Waals surface area contributed by atoms with Gasteiger partial charge in [-0.25, -0.2) is 9.97 Å². The highest BCUT2D eigenvalue weighted by Gasteiger charge is 2.12. The van der Waals surface area contributed by atoms with Crippen LogP contribution >= 0.6 is 0 Å². The van der Waals surface area contributed by atoms with E-state index in [0.717, 1.165) is 18.9 Å². The van der Waals surface area contributed by atoms with Crippen molar-refractivity contribution in [1.82, 2.24) is 20.2 Å². The minimum absolute atomic E-state index is 0.139. The molecule has 0 unspecified atom stereocenters. The molecule has 112 valence electrons. The van der Waals surface area contributed by atoms with Crippen LogP contribution in [0.2, 0.25) is 0 Å². The van der Waals surface area contributed by atoms with Crippen LogP contribution in [0.3, 0.4) is 0 Å². The molecule has 7 heteroatoms. The molecule has 2 aromatic heterocycles. The second-order valence-electron chi connectivity index (χ2n) is 4.49. The number of rotatable bonds is 6. The van der Waals surface area contributed by atoms with Gasteiger partial charge in [-0.2, -0.15) is 0 Å². The monoisotopic (exact) mass is 288 g/mol. The fourth-order valence-corrected chi connectivity index (χ4v) is 1.94. The Balaban J connectivity index is 2.04. The van der Waals surface area contributed by atoms with Crippen molar-refractivity contribution >= 4 is 17.4 Å². The maximum Gasteiger partial charge on any atom is 0.295 e. The van der Waals surface area contributed by atoms with Crippen LogP contribution in [0.4, 0.5) is 11.5 Å². The van der Waals surface area contributed by atoms with E-state index in [9.17, 15) is 4.79 Å². The molecule has 0 spiro atoms. The molecule has 0 saturated heterocycles. The summed E-state index contributed by atoms with van der Waals surface area (Å²) in [7, 11) is 0. The van der Waals surface area contributed by atoms with Crippen LogP contribution in [0.25, 0.3) is 0 Å². The molecule has 21 heavy (non-hydrogen) atoms. The summed E-state index contributed by atoms with van der Waals surface area (Å²) in [5.74, 6) is 1.38. The van der Waals surface area contributed by atoms with Gasteiger partial charge in [-0.1, -0.05) is 6.92 Å². The number of H-pyrrole nitrogens is 1. The highest BCUT2D eigenvalue weighted by Crippen LogP contribution is 2.14. The van der Waals surface area contributed by atoms with Crippen molar-refractivity contribution in [1.29, 1.82) is 0 Å². The summed E-state index contributed by atoms with van der Waals surface area (Å²) in [6.45, 7) is 7.89. The van der Waals surface area contributed by atoms with Crippen LogP contribution in [0.15, 0.2) is 18.3 Å². The lowest BCUT2D eigenvalue weighted by Crippen LogP contribution is -2.23. The predicted molar refractivity (Wildman–Crippen MR) is 81.5 cm³/mol. The lowest BCUT2D eigenvalue weighted by Gasteiger charge is -2.19. The molecular formula is C14H20N6O. The Hall–Kier alpha value is -2.44. The largest absolute Gasteiger partial charge is 0.357 e. The van der Waals surface area contributed by atoms with Crippen LogP contribution < -0.4 is 10.2 Å². The van der Waals surface area contributed by atoms with Gasteiger partial charge in [0.25, 0.3) is 5.91 Å². The van der Waals surface area contributed by atoms with Crippen LogP contribution in [-0.2, 0) is 6.42 Å². The first kappa shape index (κ1) is 15.0. The molecule has 2 aromatic rings. The summed E-state index contributed by atoms with van der Waals surface area (Å²) >= 11 is 0. The highest BCUT2D eigenvalue weighted by atomic mass is 16.2. The predicted octanol–water partition coefficient (Wildman–Crippen LogP) is 1.86. The number of hydrogen-bond acceptors (Lipinski definition) is 5. The molecule has 2 heterocycles. The third-order valence-electron chi connectivity index (χ3n) is 3.16. The molecule has 0 aliphatic rings. The molecule has 1 amide bonds. The Labute approximate surface area is 123 Å². The Morgan fingerprint density at radius 2 is 2.05 bits per heavy atom. The third kappa shape index (κ3) is 3.56. The molecule has 7 nitrogen and oxygen atoms in total. The molecule has 0 aliphatic carbocycles. The van der Waals surface area contributed by atoms with E-state index in [2.05, 4.69) is 44.2 Å². The summed E-state index contributed by atoms with van der Waals surface area (Å²) in [5.41, 5.74) is 0.624. The number of anilines is 2. The van der Waals surface area contributed by atoms with Crippen molar-refractivity contribution in [2.24, 2.45) is 0 Å². The van der Waals surface area contributed by atoms with Crippen molar-refractivity contribution < 1.29 is 4.79 Å². The smallest absolute Gasteiger partial charge is 0.295 e. The van der Waals surface area contributed by atoms with Gasteiger partial charge in [-0.15, -0.1) is 5.10 Å². The molecule has 0 aromatic carbocycles. The fraction of sp³-hybridized carbons (Fsp3) is 0.429. The van der Waals surface area contributed by atoms with Crippen LogP contribution in [0, 0.1) is 0 Å². The zero-order valence-corrected chi connectivity index (χ0v) is 12.6. The SMILES string of the molecule is CCc1nc(C(=O)Nc2ccc(N(CC)CC)nc2)n[nH]1. The number of aryl methyl sites for hydroxylation is 1. The van der Waals surface area contributed by atoms with Gasteiger partial charge in [0.15, 0.2) is 0 Å². The quantitative estimate of drug-likeness (QED) is 0.847. The number of nitrogens with zero attached hydrogens (tertiary/aromatic N) is 4. The standard InChI is InChI=1S/C14H20N6O/c1-4-11-17-13(19-18-11)14(21)16-10-7-8-12(15-9-10)20(5-2)6-3/h7-9H,4-6H2,1-3H3,(H,16,21)(H,17,18,19). The Kier molecular flexibility index (Phi) is 4.86. The second-order valence-corrected chi connectivity index (χ2v) is 4.49. The molecular weight excluding hydrogens is 268 g/mol. The first-order valence-electron chi connectivity index (χ1n) is 7.11. The summed E-state index contributed by atoms with van der Waals surface area (Å²) in [6, 6.07) is 3.71. The van der Waals surface area contributed by atoms with Gasteiger partial charge in [0.05, 0.1) is 11.9 Å². The van der Waals surface area contributed by atoms with Crippen LogP contribution in [0.1, 0.15) is 37.2 Å². The van der Waals surface area contributed by atoms with E-state index in [0.29, 0.717) is 17.9 Å². The molecule has 0 fully saturated rings. The molecule has 0 saturated carbocycles. The zero-order chi connectivity index (χ0) is 15.2. The van der Waals surface area contributed by atoms with Gasteiger partial charge in [0, 0.05) is 19.5 Å². The van der Waals surface area contributed by atoms with E-state index in [-0.39, 0.29) is 11.7 Å². The lowest BCUT2D eigenvalue weighted by molar-refractivity contribution is 0.101. The normalized spacial score (nSPS) is 10.4. The maximum absolute atomic E-state index is 12.0. The Morgan fingerprint density at radius 3 is 2.57 bits per heavy atom. The summed E-state index contributed by atoms with van der Waals surface area (Å²) in [5, 5.41) is 9.33. The summed E-state index contributed by atoms with van der Waals surface area (Å²) < 4.78 is 0. The van der Waals surface area contributed by atoms with Gasteiger partial charge < -0.3 is 10.2 Å². The number of nitrogens with one attached hydrogen (secondary N) is 2. The first-order chi connectivity index (χ1) is 10.2. The van der Waals surface area contributed by atoms with E-state index in [1.54, 1.807) is 6.20 Å². The summed E-state index contributed by atoms with van der Waals surface area (Å²) in [4.78, 5) is 22.6. The zero-order valence-electron chi connectivity index (χ0n) is 12.6. The highest BCUT2D eigenvalue weighted by molar-refractivity contribution is 6.01. The van der Waals surface area contributed by atoms with E-state index < -0.39 is 0 Å². The number of aromatic amines is 1. The molecule has 0 bridgehead atoms. The number of carbonyl (C=O) groups is 1. The fourth-order valence-electron chi connectivity index (χ4n) is 1.94. The van der Waals surface area contributed by atoms with Gasteiger partial charge >= 0.3 is 0 Å². The van der Waals surface area contributed by atoms with Crippen molar-refractivity contribution in [2.45, 2.75) is 27.2 Å². The lowest BCUT2D eigenvalue weighted by atomic mass is 10.3. The van der Waals surface area contributed by atoms with Crippen LogP contribution in [-0.4, -0.2) is 39.2 Å². The molecule has 0 atom stereocenters. The minimum atomic E-state index is -0.344. The maximum atomic E-state index is 12.0. The van der Waals surface area contributed by atoms with E-state index in [1.807, 2.05) is 19.1 Å². The number of pyridine rings is 1. The second kappa shape index (κ2) is 6.83. The van der Waals surface area contributed by atoms with Gasteiger partial charge in [0.1, 0.15) is 11.6 Å². The van der Waals surface area contributed by atoms with E-state index >= 15 is 0 Å². The van der Waals surface area contributed by atoms with Crippen molar-refractivity contribution in [2.75, 3.05) is 23.3 Å². The van der Waals surface area contributed by atoms with Crippen molar-refractivity contribution in [3.8, 4) is 0 Å². The molecule has 0 aliphatic heterocycles. The van der Waals surface area contributed by atoms with E-state index in [4.69, 9.17) is 0 Å². The summed E-state index contributed by atoms with van der Waals surface area (Å²) in [6.07, 6.45) is 2.35. The third-order valence-corrected chi connectivity index (χ3v) is 3.16. The average molecular weight is 288 g/mol. The first-order valence-corrected chi connectivity index (χ1v) is 7.11. The molecule has 0 radical (unpaired) electrons. The van der Waals surface area contributed by atoms with Gasteiger partial charge in [-0.05, 0) is 26.0 Å². The van der Waals surface area contributed by atoms with Crippen molar-refractivity contribution in [3.63, 3.8) is 0 Å². The molecule has 2 rings (SSSR count). The number of hydrogen-bond donors (Lipinski definition) is 2. The minimum Gasteiger partial charge on any atom is -0.357 e. The number of carbonyl (C=O) groups excluding carboxylic acids is 1. The topological polar surface area (TPSA) is 86.8 Å². The van der Waals surface area contributed by atoms with Gasteiger partial charge in [0.2, 0.25) is 5.82 Å². The average Bonchev–Trinajstić information content (AvgIpc) is 2.99. The van der Waals surface area contributed by atoms with Crippen LogP contribution in [0.5, 0.6) is 0 Å². The Bertz CT molecular complexity index is 588. The van der Waals surface area contributed by atoms with Crippen molar-refractivity contribution in [3.05, 3.63) is 30.0 Å². The number of amides is 1. The molecule has 2 N–H and O–H groups in total. The Morgan fingerprint density at radius 1 is 1.29 bits per heavy atom. The number of aromatic nitrogens is 4.